The van der Waals surface area contributed by atoms with Gasteiger partial charge in [-0.3, -0.25) is 15.0 Å². The fraction of sp³-hybridized carbons (Fsp3) is 0.429. The highest BCUT2D eigenvalue weighted by molar-refractivity contribution is 7.90. The maximum atomic E-state index is 13.9. The minimum Gasteiger partial charge on any atom is -0.343 e. The van der Waals surface area contributed by atoms with Crippen LogP contribution in [-0.2, 0) is 14.8 Å². The van der Waals surface area contributed by atoms with Gasteiger partial charge in [-0.2, -0.15) is 0 Å². The van der Waals surface area contributed by atoms with E-state index in [2.05, 4.69) is 0 Å². The number of rotatable bonds is 4. The third kappa shape index (κ3) is 4.81. The Morgan fingerprint density at radius 3 is 2.40 bits per heavy atom. The molecule has 1 aliphatic heterocycles. The lowest BCUT2D eigenvalue weighted by atomic mass is 10.1. The van der Waals surface area contributed by atoms with E-state index in [1.54, 1.807) is 4.90 Å². The molecule has 2 rings (SSSR count). The molecule has 0 unspecified atom stereocenters. The van der Waals surface area contributed by atoms with Gasteiger partial charge >= 0.3 is 0 Å². The number of benzene rings is 1. The molecule has 1 heterocycles. The summed E-state index contributed by atoms with van der Waals surface area (Å²) in [5.41, 5.74) is 1.47. The number of hydrogen-bond acceptors (Lipinski definition) is 4. The zero-order valence-electron chi connectivity index (χ0n) is 13.2. The highest BCUT2D eigenvalue weighted by atomic mass is 35.5. The molecule has 0 atom stereocenters. The van der Waals surface area contributed by atoms with Crippen LogP contribution in [0.1, 0.15) is 30.1 Å². The van der Waals surface area contributed by atoms with Gasteiger partial charge in [0.2, 0.25) is 15.9 Å². The third-order valence-corrected chi connectivity index (χ3v) is 6.10. The monoisotopic (exact) mass is 411 g/mol. The van der Waals surface area contributed by atoms with Crippen LogP contribution in [-0.4, -0.2) is 43.5 Å². The number of hydrogen-bond donors (Lipinski definition) is 2. The second kappa shape index (κ2) is 7.86. The van der Waals surface area contributed by atoms with Gasteiger partial charge in [0.25, 0.3) is 5.91 Å². The van der Waals surface area contributed by atoms with Crippen molar-refractivity contribution in [3.63, 3.8) is 0 Å². The number of sulfonamides is 1. The van der Waals surface area contributed by atoms with E-state index in [1.165, 1.54) is 6.92 Å². The van der Waals surface area contributed by atoms with E-state index < -0.39 is 32.6 Å². The van der Waals surface area contributed by atoms with Crippen LogP contribution in [0.2, 0.25) is 10.0 Å². The first-order chi connectivity index (χ1) is 11.6. The van der Waals surface area contributed by atoms with Crippen LogP contribution < -0.4 is 10.3 Å². The Balaban J connectivity index is 2.01. The lowest BCUT2D eigenvalue weighted by Gasteiger charge is -2.30. The van der Waals surface area contributed by atoms with Gasteiger partial charge in [0.1, 0.15) is 0 Å². The topological polar surface area (TPSA) is 95.6 Å². The number of likely N-dealkylation sites (tertiary alicyclic amines) is 1. The maximum Gasteiger partial charge on any atom is 0.269 e. The number of nitrogens with zero attached hydrogens (tertiary/aromatic N) is 1. The van der Waals surface area contributed by atoms with Gasteiger partial charge in [-0.05, 0) is 25.0 Å². The second-order valence-electron chi connectivity index (χ2n) is 5.56. The molecule has 25 heavy (non-hydrogen) atoms. The quantitative estimate of drug-likeness (QED) is 0.582. The number of halogens is 3. The number of carbonyl (C=O) groups is 2. The Labute approximate surface area is 154 Å². The van der Waals surface area contributed by atoms with Crippen molar-refractivity contribution in [2.75, 3.05) is 13.1 Å². The van der Waals surface area contributed by atoms with Gasteiger partial charge < -0.3 is 4.90 Å². The summed E-state index contributed by atoms with van der Waals surface area (Å²) in [5.74, 6) is -2.14. The van der Waals surface area contributed by atoms with Crippen LogP contribution in [0.5, 0.6) is 0 Å². The van der Waals surface area contributed by atoms with Crippen molar-refractivity contribution >= 4 is 45.0 Å². The molecule has 1 aliphatic rings. The van der Waals surface area contributed by atoms with E-state index in [0.717, 1.165) is 12.1 Å². The Kier molecular flexibility index (Phi) is 6.26. The van der Waals surface area contributed by atoms with Crippen molar-refractivity contribution in [3.05, 3.63) is 33.6 Å². The highest BCUT2D eigenvalue weighted by Gasteiger charge is 2.31. The summed E-state index contributed by atoms with van der Waals surface area (Å²) in [7, 11) is -3.88. The molecule has 1 aromatic rings. The Morgan fingerprint density at radius 2 is 1.84 bits per heavy atom. The van der Waals surface area contributed by atoms with Crippen molar-refractivity contribution in [2.45, 2.75) is 25.0 Å². The number of carbonyl (C=O) groups excluding carboxylic acids is 2. The van der Waals surface area contributed by atoms with Gasteiger partial charge in [-0.25, -0.2) is 12.8 Å². The Bertz CT molecular complexity index is 796. The third-order valence-electron chi connectivity index (χ3n) is 3.87. The van der Waals surface area contributed by atoms with Gasteiger partial charge in [0.05, 0.1) is 15.8 Å². The molecule has 1 saturated heterocycles. The first-order valence-corrected chi connectivity index (χ1v) is 9.63. The SMILES string of the molecule is CC(=O)N1CCC(S(=O)(=O)NNC(=O)c2cc(Cl)cc(Cl)c2F)CC1. The van der Waals surface area contributed by atoms with Crippen LogP contribution >= 0.6 is 23.2 Å². The lowest BCUT2D eigenvalue weighted by molar-refractivity contribution is -0.129. The zero-order chi connectivity index (χ0) is 18.8. The summed E-state index contributed by atoms with van der Waals surface area (Å²) in [5, 5.41) is -1.08. The van der Waals surface area contributed by atoms with E-state index in [4.69, 9.17) is 23.2 Å². The summed E-state index contributed by atoms with van der Waals surface area (Å²) in [6.07, 6.45) is 0.476. The second-order valence-corrected chi connectivity index (χ2v) is 8.36. The molecule has 7 nitrogen and oxygen atoms in total. The summed E-state index contributed by atoms with van der Waals surface area (Å²) >= 11 is 11.3. The van der Waals surface area contributed by atoms with Gasteiger partial charge in [-0.1, -0.05) is 23.2 Å². The number of nitrogens with one attached hydrogen (secondary N) is 2. The van der Waals surface area contributed by atoms with Crippen molar-refractivity contribution in [3.8, 4) is 0 Å². The van der Waals surface area contributed by atoms with E-state index in [-0.39, 0.29) is 28.8 Å². The normalized spacial score (nSPS) is 15.9. The van der Waals surface area contributed by atoms with Crippen LogP contribution in [0.25, 0.3) is 0 Å². The average molecular weight is 412 g/mol. The Hall–Kier alpha value is -1.42. The van der Waals surface area contributed by atoms with Crippen LogP contribution in [0, 0.1) is 5.82 Å². The van der Waals surface area contributed by atoms with E-state index >= 15 is 0 Å². The molecule has 2 N–H and O–H groups in total. The molecule has 138 valence electrons. The molecular formula is C14H16Cl2FN3O4S. The van der Waals surface area contributed by atoms with E-state index in [1.807, 2.05) is 10.3 Å². The summed E-state index contributed by atoms with van der Waals surface area (Å²) in [6.45, 7) is 2.04. The standard InChI is InChI=1S/C14H16Cl2FN3O4S/c1-8(21)20-4-2-10(3-5-20)25(23,24)19-18-14(22)11-6-9(15)7-12(16)13(11)17/h6-7,10,19H,2-5H2,1H3,(H,18,22). The van der Waals surface area contributed by atoms with Crippen molar-refractivity contribution in [1.29, 1.82) is 0 Å². The number of amides is 2. The van der Waals surface area contributed by atoms with E-state index in [9.17, 15) is 22.4 Å². The van der Waals surface area contributed by atoms with Crippen LogP contribution in [0.4, 0.5) is 4.39 Å². The van der Waals surface area contributed by atoms with Crippen molar-refractivity contribution < 1.29 is 22.4 Å². The first kappa shape index (κ1) is 19.9. The minimum atomic E-state index is -3.88. The summed E-state index contributed by atoms with van der Waals surface area (Å²) < 4.78 is 38.3. The van der Waals surface area contributed by atoms with Gasteiger partial charge in [-0.15, -0.1) is 4.83 Å². The zero-order valence-corrected chi connectivity index (χ0v) is 15.5. The van der Waals surface area contributed by atoms with Crippen molar-refractivity contribution in [1.82, 2.24) is 15.2 Å². The predicted molar refractivity (Wildman–Crippen MR) is 91.2 cm³/mol. The first-order valence-electron chi connectivity index (χ1n) is 7.33. The number of piperidine rings is 1. The average Bonchev–Trinajstić information content (AvgIpc) is 2.56. The van der Waals surface area contributed by atoms with Crippen LogP contribution in [0.3, 0.4) is 0 Å². The molecule has 0 radical (unpaired) electrons. The molecule has 0 saturated carbocycles. The fourth-order valence-corrected chi connectivity index (χ4v) is 4.20. The summed E-state index contributed by atoms with van der Waals surface area (Å²) in [4.78, 5) is 26.8. The molecule has 0 spiro atoms. The van der Waals surface area contributed by atoms with Crippen molar-refractivity contribution in [2.24, 2.45) is 0 Å². The summed E-state index contributed by atoms with van der Waals surface area (Å²) in [6, 6.07) is 2.17. The predicted octanol–water partition coefficient (Wildman–Crippen LogP) is 1.71. The number of hydrazine groups is 1. The molecule has 0 aliphatic carbocycles. The molecule has 11 heteroatoms. The van der Waals surface area contributed by atoms with Gasteiger partial charge in [0.15, 0.2) is 5.82 Å². The Morgan fingerprint density at radius 1 is 1.24 bits per heavy atom. The lowest BCUT2D eigenvalue weighted by Crippen LogP contribution is -2.50. The highest BCUT2D eigenvalue weighted by Crippen LogP contribution is 2.24. The molecule has 0 aromatic heterocycles. The van der Waals surface area contributed by atoms with Crippen LogP contribution in [0.15, 0.2) is 12.1 Å². The minimum absolute atomic E-state index is 0.0380. The smallest absolute Gasteiger partial charge is 0.269 e. The molecular weight excluding hydrogens is 396 g/mol. The molecule has 0 bridgehead atoms. The van der Waals surface area contributed by atoms with E-state index in [0.29, 0.717) is 13.1 Å². The maximum absolute atomic E-state index is 13.9. The molecule has 2 amide bonds. The molecule has 1 fully saturated rings. The van der Waals surface area contributed by atoms with Gasteiger partial charge in [0, 0.05) is 25.0 Å². The molecule has 1 aromatic carbocycles. The largest absolute Gasteiger partial charge is 0.343 e. The fourth-order valence-electron chi connectivity index (χ4n) is 2.47.